The summed E-state index contributed by atoms with van der Waals surface area (Å²) in [4.78, 5) is 2.38. The summed E-state index contributed by atoms with van der Waals surface area (Å²) >= 11 is 1.85. The summed E-state index contributed by atoms with van der Waals surface area (Å²) in [7, 11) is 0. The maximum Gasteiger partial charge on any atom is 0.0547 e. The Balaban J connectivity index is 1.08. The SMILES string of the molecule is c1ccc(-c2ccc(N(c3ccc(-c4ccc5c6ccccc6n(-c6ccccc6)c5c4)cc3)c3ccc4sc5ccccc5c4c3)cc2)cc1. The standard InChI is InChI=1S/C48H32N2S/c1-3-11-33(12-4-1)34-19-24-38(25-20-34)49(40-28-30-48-44(32-40)43-16-8-10-18-47(43)51-48)39-26-21-35(22-27-39)36-23-29-42-41-15-7-9-17-45(41)50(46(42)31-36)37-13-5-2-6-14-37/h1-32H. The van der Waals surface area contributed by atoms with Crippen LogP contribution in [0.1, 0.15) is 0 Å². The Hall–Kier alpha value is -6.42. The van der Waals surface area contributed by atoms with Crippen LogP contribution in [-0.2, 0) is 0 Å². The van der Waals surface area contributed by atoms with Gasteiger partial charge in [-0.15, -0.1) is 11.3 Å². The van der Waals surface area contributed by atoms with Gasteiger partial charge in [-0.2, -0.15) is 0 Å². The number of para-hydroxylation sites is 2. The second-order valence-electron chi connectivity index (χ2n) is 13.0. The Morgan fingerprint density at radius 3 is 1.61 bits per heavy atom. The average molecular weight is 669 g/mol. The zero-order chi connectivity index (χ0) is 33.7. The zero-order valence-corrected chi connectivity index (χ0v) is 28.6. The molecule has 2 heterocycles. The molecule has 0 aliphatic carbocycles. The van der Waals surface area contributed by atoms with E-state index >= 15 is 0 Å². The molecule has 0 aliphatic rings. The van der Waals surface area contributed by atoms with Crippen LogP contribution >= 0.6 is 11.3 Å². The average Bonchev–Trinajstić information content (AvgIpc) is 3.74. The van der Waals surface area contributed by atoms with Crippen molar-refractivity contribution in [3.63, 3.8) is 0 Å². The van der Waals surface area contributed by atoms with E-state index < -0.39 is 0 Å². The Labute approximate surface area is 300 Å². The number of aromatic nitrogens is 1. The van der Waals surface area contributed by atoms with Crippen LogP contribution in [0, 0.1) is 0 Å². The van der Waals surface area contributed by atoms with Gasteiger partial charge in [0.25, 0.3) is 0 Å². The molecule has 0 atom stereocenters. The van der Waals surface area contributed by atoms with E-state index in [-0.39, 0.29) is 0 Å². The topological polar surface area (TPSA) is 8.17 Å². The third-order valence-electron chi connectivity index (χ3n) is 10.00. The number of hydrogen-bond acceptors (Lipinski definition) is 2. The number of nitrogens with zero attached hydrogens (tertiary/aromatic N) is 2. The molecule has 0 amide bonds. The molecule has 8 aromatic carbocycles. The lowest BCUT2D eigenvalue weighted by atomic mass is 10.0. The largest absolute Gasteiger partial charge is 0.310 e. The Morgan fingerprint density at radius 1 is 0.333 bits per heavy atom. The van der Waals surface area contributed by atoms with E-state index in [1.165, 1.54) is 69.9 Å². The van der Waals surface area contributed by atoms with Crippen molar-refractivity contribution in [3.8, 4) is 27.9 Å². The maximum atomic E-state index is 2.38. The molecule has 2 nitrogen and oxygen atoms in total. The van der Waals surface area contributed by atoms with Crippen LogP contribution in [0.5, 0.6) is 0 Å². The van der Waals surface area contributed by atoms with Crippen molar-refractivity contribution in [2.24, 2.45) is 0 Å². The van der Waals surface area contributed by atoms with E-state index in [9.17, 15) is 0 Å². The summed E-state index contributed by atoms with van der Waals surface area (Å²) in [6.07, 6.45) is 0. The van der Waals surface area contributed by atoms with Crippen molar-refractivity contribution in [2.75, 3.05) is 4.90 Å². The first-order chi connectivity index (χ1) is 25.3. The quantitative estimate of drug-likeness (QED) is 0.171. The minimum atomic E-state index is 1.12. The lowest BCUT2D eigenvalue weighted by Crippen LogP contribution is -2.09. The molecule has 240 valence electrons. The van der Waals surface area contributed by atoms with Crippen molar-refractivity contribution in [1.29, 1.82) is 0 Å². The predicted octanol–water partition coefficient (Wildman–Crippen LogP) is 14.0. The minimum absolute atomic E-state index is 1.12. The number of thiophene rings is 1. The summed E-state index contributed by atoms with van der Waals surface area (Å²) in [5.74, 6) is 0. The van der Waals surface area contributed by atoms with Crippen LogP contribution in [0.4, 0.5) is 17.1 Å². The normalized spacial score (nSPS) is 11.5. The van der Waals surface area contributed by atoms with Crippen LogP contribution in [0.25, 0.3) is 69.9 Å². The minimum Gasteiger partial charge on any atom is -0.310 e. The Morgan fingerprint density at radius 2 is 0.863 bits per heavy atom. The summed E-state index contributed by atoms with van der Waals surface area (Å²) in [6, 6.07) is 70.4. The van der Waals surface area contributed by atoms with Crippen molar-refractivity contribution in [3.05, 3.63) is 194 Å². The van der Waals surface area contributed by atoms with Gasteiger partial charge in [0.05, 0.1) is 11.0 Å². The van der Waals surface area contributed by atoms with E-state index in [0.29, 0.717) is 0 Å². The number of fused-ring (bicyclic) bond motifs is 6. The number of rotatable bonds is 6. The molecule has 0 spiro atoms. The first-order valence-electron chi connectivity index (χ1n) is 17.3. The van der Waals surface area contributed by atoms with Gasteiger partial charge >= 0.3 is 0 Å². The molecule has 0 fully saturated rings. The van der Waals surface area contributed by atoms with Gasteiger partial charge in [-0.1, -0.05) is 121 Å². The van der Waals surface area contributed by atoms with Gasteiger partial charge in [0, 0.05) is 53.7 Å². The van der Waals surface area contributed by atoms with Crippen LogP contribution in [0.15, 0.2) is 194 Å². The summed E-state index contributed by atoms with van der Waals surface area (Å²) in [6.45, 7) is 0. The predicted molar refractivity (Wildman–Crippen MR) is 219 cm³/mol. The first kappa shape index (κ1) is 29.5. The Kier molecular flexibility index (Phi) is 7.04. The fraction of sp³-hybridized carbons (Fsp3) is 0. The molecule has 0 aliphatic heterocycles. The smallest absolute Gasteiger partial charge is 0.0547 e. The second-order valence-corrected chi connectivity index (χ2v) is 14.1. The fourth-order valence-corrected chi connectivity index (χ4v) is 8.63. The fourth-order valence-electron chi connectivity index (χ4n) is 7.54. The third kappa shape index (κ3) is 5.10. The highest BCUT2D eigenvalue weighted by Gasteiger charge is 2.17. The molecule has 2 aromatic heterocycles. The van der Waals surface area contributed by atoms with Crippen molar-refractivity contribution in [1.82, 2.24) is 4.57 Å². The van der Waals surface area contributed by atoms with E-state index in [2.05, 4.69) is 204 Å². The molecule has 0 saturated heterocycles. The van der Waals surface area contributed by atoms with Crippen molar-refractivity contribution in [2.45, 2.75) is 0 Å². The van der Waals surface area contributed by atoms with Gasteiger partial charge in [0.2, 0.25) is 0 Å². The second kappa shape index (κ2) is 12.2. The number of anilines is 3. The molecular weight excluding hydrogens is 637 g/mol. The highest BCUT2D eigenvalue weighted by atomic mass is 32.1. The van der Waals surface area contributed by atoms with Gasteiger partial charge in [-0.25, -0.2) is 0 Å². The van der Waals surface area contributed by atoms with Gasteiger partial charge in [-0.05, 0) is 95.1 Å². The molecule has 10 rings (SSSR count). The monoisotopic (exact) mass is 668 g/mol. The highest BCUT2D eigenvalue weighted by molar-refractivity contribution is 7.25. The zero-order valence-electron chi connectivity index (χ0n) is 27.8. The molecule has 0 saturated carbocycles. The van der Waals surface area contributed by atoms with E-state index in [1.807, 2.05) is 11.3 Å². The molecular formula is C48H32N2S. The number of hydrogen-bond donors (Lipinski definition) is 0. The molecule has 0 radical (unpaired) electrons. The van der Waals surface area contributed by atoms with Gasteiger partial charge in [0.1, 0.15) is 0 Å². The molecule has 10 aromatic rings. The van der Waals surface area contributed by atoms with Crippen LogP contribution in [0.3, 0.4) is 0 Å². The van der Waals surface area contributed by atoms with Crippen LogP contribution in [-0.4, -0.2) is 4.57 Å². The Bertz CT molecular complexity index is 2830. The summed E-state index contributed by atoms with van der Waals surface area (Å²) < 4.78 is 5.00. The van der Waals surface area contributed by atoms with Crippen molar-refractivity contribution >= 4 is 70.4 Å². The lowest BCUT2D eigenvalue weighted by molar-refractivity contribution is 1.18. The summed E-state index contributed by atoms with van der Waals surface area (Å²) in [5, 5.41) is 5.12. The lowest BCUT2D eigenvalue weighted by Gasteiger charge is -2.26. The van der Waals surface area contributed by atoms with Gasteiger partial charge < -0.3 is 9.47 Å². The van der Waals surface area contributed by atoms with Crippen LogP contribution in [0.2, 0.25) is 0 Å². The molecule has 51 heavy (non-hydrogen) atoms. The maximum absolute atomic E-state index is 2.38. The van der Waals surface area contributed by atoms with Gasteiger partial charge in [0.15, 0.2) is 0 Å². The van der Waals surface area contributed by atoms with Gasteiger partial charge in [-0.3, -0.25) is 0 Å². The molecule has 0 unspecified atom stereocenters. The number of benzene rings is 8. The highest BCUT2D eigenvalue weighted by Crippen LogP contribution is 2.42. The van der Waals surface area contributed by atoms with E-state index in [1.54, 1.807) is 0 Å². The van der Waals surface area contributed by atoms with E-state index in [0.717, 1.165) is 17.1 Å². The van der Waals surface area contributed by atoms with Crippen LogP contribution < -0.4 is 4.90 Å². The van der Waals surface area contributed by atoms with Crippen molar-refractivity contribution < 1.29 is 0 Å². The first-order valence-corrected chi connectivity index (χ1v) is 18.2. The summed E-state index contributed by atoms with van der Waals surface area (Å²) in [5.41, 5.74) is 11.8. The molecule has 0 N–H and O–H groups in total. The third-order valence-corrected chi connectivity index (χ3v) is 11.1. The molecule has 3 heteroatoms. The molecule has 0 bridgehead atoms. The van der Waals surface area contributed by atoms with E-state index in [4.69, 9.17) is 0 Å².